The monoisotopic (exact) mass is 333 g/mol. The van der Waals surface area contributed by atoms with Crippen molar-refractivity contribution in [2.24, 2.45) is 0 Å². The van der Waals surface area contributed by atoms with Gasteiger partial charge in [-0.2, -0.15) is 0 Å². The third-order valence-corrected chi connectivity index (χ3v) is 4.69. The van der Waals surface area contributed by atoms with Crippen LogP contribution in [0.4, 0.5) is 5.69 Å². The molecular formula is C17H19NO4S. The molecule has 0 aliphatic carbocycles. The van der Waals surface area contributed by atoms with Crippen molar-refractivity contribution in [2.45, 2.75) is 25.2 Å². The Kier molecular flexibility index (Phi) is 5.39. The van der Waals surface area contributed by atoms with E-state index in [0.717, 1.165) is 12.0 Å². The molecule has 0 fully saturated rings. The lowest BCUT2D eigenvalue weighted by molar-refractivity contribution is 0.0526. The zero-order valence-corrected chi connectivity index (χ0v) is 13.9. The number of anilines is 1. The maximum atomic E-state index is 12.3. The Balaban J connectivity index is 2.15. The molecule has 5 nitrogen and oxygen atoms in total. The van der Waals surface area contributed by atoms with Crippen LogP contribution < -0.4 is 4.72 Å². The largest absolute Gasteiger partial charge is 0.462 e. The predicted molar refractivity (Wildman–Crippen MR) is 89.0 cm³/mol. The normalized spacial score (nSPS) is 11.0. The molecule has 0 bridgehead atoms. The van der Waals surface area contributed by atoms with Crippen LogP contribution in [0, 0.1) is 0 Å². The van der Waals surface area contributed by atoms with Gasteiger partial charge in [0.1, 0.15) is 0 Å². The van der Waals surface area contributed by atoms with Crippen LogP contribution in [-0.2, 0) is 21.2 Å². The van der Waals surface area contributed by atoms with Crippen LogP contribution in [0.25, 0.3) is 0 Å². The summed E-state index contributed by atoms with van der Waals surface area (Å²) in [5.41, 5.74) is 1.84. The molecule has 2 aromatic carbocycles. The number of ether oxygens (including phenoxy) is 1. The molecule has 0 unspecified atom stereocenters. The summed E-state index contributed by atoms with van der Waals surface area (Å²) < 4.78 is 32.0. The minimum atomic E-state index is -3.65. The van der Waals surface area contributed by atoms with E-state index in [-0.39, 0.29) is 4.90 Å². The quantitative estimate of drug-likeness (QED) is 0.824. The van der Waals surface area contributed by atoms with E-state index in [4.69, 9.17) is 4.74 Å². The zero-order chi connectivity index (χ0) is 16.9. The van der Waals surface area contributed by atoms with Gasteiger partial charge in [0.25, 0.3) is 10.0 Å². The molecule has 0 aliphatic rings. The van der Waals surface area contributed by atoms with Gasteiger partial charge in [0, 0.05) is 5.69 Å². The van der Waals surface area contributed by atoms with Gasteiger partial charge in [-0.15, -0.1) is 0 Å². The lowest BCUT2D eigenvalue weighted by Gasteiger charge is -2.09. The van der Waals surface area contributed by atoms with Gasteiger partial charge in [-0.05, 0) is 55.3 Å². The van der Waals surface area contributed by atoms with Crippen molar-refractivity contribution >= 4 is 21.7 Å². The maximum Gasteiger partial charge on any atom is 0.338 e. The van der Waals surface area contributed by atoms with E-state index in [1.807, 2.05) is 6.92 Å². The molecule has 0 saturated heterocycles. The first kappa shape index (κ1) is 17.0. The standard InChI is InChI=1S/C17H19NO4S/c1-3-13-5-11-16(12-6-13)23(20,21)18-15-9-7-14(8-10-15)17(19)22-4-2/h5-12,18H,3-4H2,1-2H3. The Morgan fingerprint density at radius 1 is 1.00 bits per heavy atom. The Morgan fingerprint density at radius 3 is 2.13 bits per heavy atom. The van der Waals surface area contributed by atoms with Crippen molar-refractivity contribution in [2.75, 3.05) is 11.3 Å². The summed E-state index contributed by atoms with van der Waals surface area (Å²) in [6.07, 6.45) is 0.850. The summed E-state index contributed by atoms with van der Waals surface area (Å²) in [5, 5.41) is 0. The summed E-state index contributed by atoms with van der Waals surface area (Å²) in [6, 6.07) is 12.8. The molecule has 2 rings (SSSR count). The summed E-state index contributed by atoms with van der Waals surface area (Å²) in [7, 11) is -3.65. The molecule has 6 heteroatoms. The molecule has 23 heavy (non-hydrogen) atoms. The minimum absolute atomic E-state index is 0.198. The van der Waals surface area contributed by atoms with Gasteiger partial charge >= 0.3 is 5.97 Å². The first-order valence-corrected chi connectivity index (χ1v) is 8.83. The van der Waals surface area contributed by atoms with Gasteiger partial charge in [-0.25, -0.2) is 13.2 Å². The molecule has 1 N–H and O–H groups in total. The fourth-order valence-electron chi connectivity index (χ4n) is 2.01. The number of hydrogen-bond acceptors (Lipinski definition) is 4. The number of aryl methyl sites for hydroxylation is 1. The maximum absolute atomic E-state index is 12.3. The number of hydrogen-bond donors (Lipinski definition) is 1. The van der Waals surface area contributed by atoms with Gasteiger partial charge < -0.3 is 4.74 Å². The third kappa shape index (κ3) is 4.32. The lowest BCUT2D eigenvalue weighted by Crippen LogP contribution is -2.13. The predicted octanol–water partition coefficient (Wildman–Crippen LogP) is 3.23. The highest BCUT2D eigenvalue weighted by Gasteiger charge is 2.14. The topological polar surface area (TPSA) is 72.5 Å². The second kappa shape index (κ2) is 7.28. The van der Waals surface area contributed by atoms with E-state index in [1.165, 1.54) is 24.3 Å². The molecule has 0 heterocycles. The van der Waals surface area contributed by atoms with Crippen LogP contribution in [0.3, 0.4) is 0 Å². The molecule has 122 valence electrons. The summed E-state index contributed by atoms with van der Waals surface area (Å²) in [4.78, 5) is 11.8. The van der Waals surface area contributed by atoms with E-state index in [9.17, 15) is 13.2 Å². The molecule has 0 radical (unpaired) electrons. The highest BCUT2D eigenvalue weighted by Crippen LogP contribution is 2.17. The molecule has 0 saturated carbocycles. The summed E-state index contributed by atoms with van der Waals surface area (Å²) >= 11 is 0. The van der Waals surface area contributed by atoms with Crippen molar-refractivity contribution < 1.29 is 17.9 Å². The van der Waals surface area contributed by atoms with E-state index in [2.05, 4.69) is 4.72 Å². The van der Waals surface area contributed by atoms with Crippen molar-refractivity contribution in [1.82, 2.24) is 0 Å². The van der Waals surface area contributed by atoms with Gasteiger partial charge in [0.15, 0.2) is 0 Å². The fraction of sp³-hybridized carbons (Fsp3) is 0.235. The SMILES string of the molecule is CCOC(=O)c1ccc(NS(=O)(=O)c2ccc(CC)cc2)cc1. The van der Waals surface area contributed by atoms with Crippen molar-refractivity contribution in [3.05, 3.63) is 59.7 Å². The van der Waals surface area contributed by atoms with Crippen LogP contribution in [-0.4, -0.2) is 21.0 Å². The van der Waals surface area contributed by atoms with Gasteiger partial charge in [0.2, 0.25) is 0 Å². The highest BCUT2D eigenvalue weighted by atomic mass is 32.2. The number of nitrogens with one attached hydrogen (secondary N) is 1. The van der Waals surface area contributed by atoms with Crippen molar-refractivity contribution in [3.63, 3.8) is 0 Å². The molecule has 0 amide bonds. The Labute approximate surface area is 136 Å². The summed E-state index contributed by atoms with van der Waals surface area (Å²) in [5.74, 6) is -0.433. The molecule has 0 aromatic heterocycles. The van der Waals surface area contributed by atoms with Gasteiger partial charge in [-0.3, -0.25) is 4.72 Å². The van der Waals surface area contributed by atoms with E-state index < -0.39 is 16.0 Å². The van der Waals surface area contributed by atoms with Crippen molar-refractivity contribution in [3.8, 4) is 0 Å². The number of esters is 1. The minimum Gasteiger partial charge on any atom is -0.462 e. The second-order valence-corrected chi connectivity index (χ2v) is 6.58. The number of rotatable bonds is 6. The van der Waals surface area contributed by atoms with E-state index >= 15 is 0 Å². The van der Waals surface area contributed by atoms with Gasteiger partial charge in [-0.1, -0.05) is 19.1 Å². The molecule has 2 aromatic rings. The average Bonchev–Trinajstić information content (AvgIpc) is 2.55. The number of benzene rings is 2. The van der Waals surface area contributed by atoms with Gasteiger partial charge in [0.05, 0.1) is 17.1 Å². The first-order chi connectivity index (χ1) is 11.0. The number of sulfonamides is 1. The Hall–Kier alpha value is -2.34. The van der Waals surface area contributed by atoms with E-state index in [1.54, 1.807) is 31.2 Å². The number of carbonyl (C=O) groups is 1. The van der Waals surface area contributed by atoms with Crippen molar-refractivity contribution in [1.29, 1.82) is 0 Å². The smallest absolute Gasteiger partial charge is 0.338 e. The first-order valence-electron chi connectivity index (χ1n) is 7.35. The van der Waals surface area contributed by atoms with Crippen LogP contribution >= 0.6 is 0 Å². The summed E-state index contributed by atoms with van der Waals surface area (Å²) in [6.45, 7) is 4.03. The number of carbonyl (C=O) groups excluding carboxylic acids is 1. The molecular weight excluding hydrogens is 314 g/mol. The molecule has 0 spiro atoms. The van der Waals surface area contributed by atoms with Crippen LogP contribution in [0.5, 0.6) is 0 Å². The van der Waals surface area contributed by atoms with Crippen LogP contribution in [0.1, 0.15) is 29.8 Å². The lowest BCUT2D eigenvalue weighted by atomic mass is 10.2. The van der Waals surface area contributed by atoms with E-state index in [0.29, 0.717) is 17.9 Å². The van der Waals surface area contributed by atoms with Crippen LogP contribution in [0.2, 0.25) is 0 Å². The molecule has 0 aliphatic heterocycles. The average molecular weight is 333 g/mol. The Morgan fingerprint density at radius 2 is 1.61 bits per heavy atom. The third-order valence-electron chi connectivity index (χ3n) is 3.29. The fourth-order valence-corrected chi connectivity index (χ4v) is 3.07. The zero-order valence-electron chi connectivity index (χ0n) is 13.1. The Bertz CT molecular complexity index is 765. The second-order valence-electron chi connectivity index (χ2n) is 4.90. The highest BCUT2D eigenvalue weighted by molar-refractivity contribution is 7.92. The van der Waals surface area contributed by atoms with Crippen LogP contribution in [0.15, 0.2) is 53.4 Å². The molecule has 0 atom stereocenters.